The van der Waals surface area contributed by atoms with Crippen molar-refractivity contribution in [3.8, 4) is 5.75 Å². The third-order valence-corrected chi connectivity index (χ3v) is 5.19. The smallest absolute Gasteiger partial charge is 0.253 e. The van der Waals surface area contributed by atoms with E-state index >= 15 is 0 Å². The molecule has 1 saturated heterocycles. The number of nitrogens with one attached hydrogen (secondary N) is 1. The molecule has 0 aromatic heterocycles. The van der Waals surface area contributed by atoms with E-state index in [1.165, 1.54) is 12.8 Å². The number of ether oxygens (including phenoxy) is 1. The number of hydrogen-bond acceptors (Lipinski definition) is 3. The molecule has 22 heavy (non-hydrogen) atoms. The Kier molecular flexibility index (Phi) is 5.03. The Balaban J connectivity index is 1.53. The number of carbonyl (C=O) groups is 1. The Morgan fingerprint density at radius 2 is 2.05 bits per heavy atom. The van der Waals surface area contributed by atoms with Gasteiger partial charge in [0.15, 0.2) is 0 Å². The van der Waals surface area contributed by atoms with E-state index in [9.17, 15) is 4.79 Å². The molecule has 1 aliphatic carbocycles. The van der Waals surface area contributed by atoms with Crippen LogP contribution in [0.25, 0.3) is 0 Å². The summed E-state index contributed by atoms with van der Waals surface area (Å²) in [5, 5.41) is 3.64. The van der Waals surface area contributed by atoms with Gasteiger partial charge in [-0.2, -0.15) is 0 Å². The highest BCUT2D eigenvalue weighted by Crippen LogP contribution is 2.28. The van der Waals surface area contributed by atoms with Gasteiger partial charge in [0, 0.05) is 24.7 Å². The number of carbonyl (C=O) groups excluding carboxylic acids is 1. The molecule has 3 rings (SSSR count). The van der Waals surface area contributed by atoms with Crippen LogP contribution in [-0.2, 0) is 0 Å². The Morgan fingerprint density at radius 1 is 1.32 bits per heavy atom. The molecular weight excluding hydrogens is 344 g/mol. The minimum absolute atomic E-state index is 0.115. The van der Waals surface area contributed by atoms with E-state index in [0.717, 1.165) is 54.2 Å². The summed E-state index contributed by atoms with van der Waals surface area (Å²) in [6.45, 7) is 2.83. The van der Waals surface area contributed by atoms with Gasteiger partial charge in [0.1, 0.15) is 5.75 Å². The van der Waals surface area contributed by atoms with Crippen molar-refractivity contribution in [1.82, 2.24) is 10.2 Å². The quantitative estimate of drug-likeness (QED) is 0.870. The molecule has 1 amide bonds. The highest BCUT2D eigenvalue weighted by atomic mass is 79.9. The predicted molar refractivity (Wildman–Crippen MR) is 90.3 cm³/mol. The van der Waals surface area contributed by atoms with Gasteiger partial charge in [0.2, 0.25) is 0 Å². The Bertz CT molecular complexity index is 537. The molecule has 1 saturated carbocycles. The van der Waals surface area contributed by atoms with E-state index in [0.29, 0.717) is 6.04 Å². The van der Waals surface area contributed by atoms with Crippen molar-refractivity contribution < 1.29 is 9.53 Å². The number of halogens is 1. The first-order chi connectivity index (χ1) is 10.7. The van der Waals surface area contributed by atoms with Crippen LogP contribution < -0.4 is 10.1 Å². The van der Waals surface area contributed by atoms with E-state index in [-0.39, 0.29) is 5.91 Å². The van der Waals surface area contributed by atoms with Crippen molar-refractivity contribution in [2.45, 2.75) is 31.7 Å². The molecular formula is C17H23BrN2O2. The maximum Gasteiger partial charge on any atom is 0.253 e. The SMILES string of the molecule is COc1ccc(C(=O)N2CCC(NCC3CC3)CC2)cc1Br. The summed E-state index contributed by atoms with van der Waals surface area (Å²) < 4.78 is 6.03. The first kappa shape index (κ1) is 15.8. The summed E-state index contributed by atoms with van der Waals surface area (Å²) in [6.07, 6.45) is 4.87. The molecule has 0 atom stereocenters. The number of piperidine rings is 1. The van der Waals surface area contributed by atoms with E-state index in [1.807, 2.05) is 23.1 Å². The van der Waals surface area contributed by atoms with Gasteiger partial charge in [-0.25, -0.2) is 0 Å². The van der Waals surface area contributed by atoms with Gasteiger partial charge in [-0.15, -0.1) is 0 Å². The lowest BCUT2D eigenvalue weighted by Gasteiger charge is -2.32. The number of rotatable bonds is 5. The zero-order valence-electron chi connectivity index (χ0n) is 13.0. The first-order valence-electron chi connectivity index (χ1n) is 8.03. The van der Waals surface area contributed by atoms with E-state index in [2.05, 4.69) is 21.2 Å². The summed E-state index contributed by atoms with van der Waals surface area (Å²) in [6, 6.07) is 6.09. The molecule has 1 aromatic rings. The maximum atomic E-state index is 12.6. The fourth-order valence-corrected chi connectivity index (χ4v) is 3.46. The van der Waals surface area contributed by atoms with Crippen LogP contribution in [0.15, 0.2) is 22.7 Å². The zero-order valence-corrected chi connectivity index (χ0v) is 14.6. The summed E-state index contributed by atoms with van der Waals surface area (Å²) >= 11 is 3.44. The van der Waals surface area contributed by atoms with Gasteiger partial charge in [-0.1, -0.05) is 0 Å². The second kappa shape index (κ2) is 7.01. The molecule has 0 unspecified atom stereocenters. The van der Waals surface area contributed by atoms with Crippen LogP contribution in [-0.4, -0.2) is 43.6 Å². The van der Waals surface area contributed by atoms with E-state index < -0.39 is 0 Å². The Labute approximate surface area is 140 Å². The Morgan fingerprint density at radius 3 is 2.64 bits per heavy atom. The van der Waals surface area contributed by atoms with Crippen molar-refractivity contribution in [1.29, 1.82) is 0 Å². The molecule has 120 valence electrons. The predicted octanol–water partition coefficient (Wildman–Crippen LogP) is 3.06. The minimum Gasteiger partial charge on any atom is -0.496 e. The molecule has 5 heteroatoms. The standard InChI is InChI=1S/C17H23BrN2O2/c1-22-16-5-4-13(10-15(16)18)17(21)20-8-6-14(7-9-20)19-11-12-2-3-12/h4-5,10,12,14,19H,2-3,6-9,11H2,1H3. The third kappa shape index (κ3) is 3.82. The number of hydrogen-bond donors (Lipinski definition) is 1. The van der Waals surface area contributed by atoms with Gasteiger partial charge in [-0.3, -0.25) is 4.79 Å². The van der Waals surface area contributed by atoms with Crippen LogP contribution in [0.1, 0.15) is 36.0 Å². The van der Waals surface area contributed by atoms with Gasteiger partial charge in [0.25, 0.3) is 5.91 Å². The van der Waals surface area contributed by atoms with Crippen molar-refractivity contribution in [2.24, 2.45) is 5.92 Å². The van der Waals surface area contributed by atoms with Gasteiger partial charge in [-0.05, 0) is 72.3 Å². The maximum absolute atomic E-state index is 12.6. The molecule has 0 spiro atoms. The molecule has 1 N–H and O–H groups in total. The summed E-state index contributed by atoms with van der Waals surface area (Å²) in [5.74, 6) is 1.78. The molecule has 2 aliphatic rings. The number of nitrogens with zero attached hydrogens (tertiary/aromatic N) is 1. The van der Waals surface area contributed by atoms with Crippen LogP contribution in [0.3, 0.4) is 0 Å². The highest BCUT2D eigenvalue weighted by molar-refractivity contribution is 9.10. The average molecular weight is 367 g/mol. The van der Waals surface area contributed by atoms with Crippen molar-refractivity contribution >= 4 is 21.8 Å². The van der Waals surface area contributed by atoms with Crippen molar-refractivity contribution in [2.75, 3.05) is 26.7 Å². The normalized spacial score (nSPS) is 19.3. The van der Waals surface area contributed by atoms with E-state index in [4.69, 9.17) is 4.74 Å². The van der Waals surface area contributed by atoms with Crippen molar-refractivity contribution in [3.63, 3.8) is 0 Å². The lowest BCUT2D eigenvalue weighted by Crippen LogP contribution is -2.45. The van der Waals surface area contributed by atoms with Crippen LogP contribution in [0.4, 0.5) is 0 Å². The average Bonchev–Trinajstić information content (AvgIpc) is 3.37. The summed E-state index contributed by atoms with van der Waals surface area (Å²) in [7, 11) is 1.63. The second-order valence-electron chi connectivity index (χ2n) is 6.27. The van der Waals surface area contributed by atoms with Gasteiger partial charge >= 0.3 is 0 Å². The molecule has 0 bridgehead atoms. The number of likely N-dealkylation sites (tertiary alicyclic amines) is 1. The molecule has 1 aromatic carbocycles. The van der Waals surface area contributed by atoms with Gasteiger partial charge < -0.3 is 15.0 Å². The lowest BCUT2D eigenvalue weighted by atomic mass is 10.0. The molecule has 4 nitrogen and oxygen atoms in total. The topological polar surface area (TPSA) is 41.6 Å². The highest BCUT2D eigenvalue weighted by Gasteiger charge is 2.26. The Hall–Kier alpha value is -1.07. The number of amides is 1. The van der Waals surface area contributed by atoms with Crippen LogP contribution in [0, 0.1) is 5.92 Å². The molecule has 1 aliphatic heterocycles. The van der Waals surface area contributed by atoms with Gasteiger partial charge in [0.05, 0.1) is 11.6 Å². The number of methoxy groups -OCH3 is 1. The fourth-order valence-electron chi connectivity index (χ4n) is 2.92. The molecule has 1 heterocycles. The minimum atomic E-state index is 0.115. The number of benzene rings is 1. The summed E-state index contributed by atoms with van der Waals surface area (Å²) in [5.41, 5.74) is 0.720. The molecule has 2 fully saturated rings. The summed E-state index contributed by atoms with van der Waals surface area (Å²) in [4.78, 5) is 14.5. The second-order valence-corrected chi connectivity index (χ2v) is 7.12. The fraction of sp³-hybridized carbons (Fsp3) is 0.588. The largest absolute Gasteiger partial charge is 0.496 e. The first-order valence-corrected chi connectivity index (χ1v) is 8.83. The van der Waals surface area contributed by atoms with Crippen LogP contribution >= 0.6 is 15.9 Å². The zero-order chi connectivity index (χ0) is 15.5. The monoisotopic (exact) mass is 366 g/mol. The lowest BCUT2D eigenvalue weighted by molar-refractivity contribution is 0.0705. The molecule has 0 radical (unpaired) electrons. The third-order valence-electron chi connectivity index (χ3n) is 4.57. The van der Waals surface area contributed by atoms with Crippen LogP contribution in [0.2, 0.25) is 0 Å². The van der Waals surface area contributed by atoms with Crippen molar-refractivity contribution in [3.05, 3.63) is 28.2 Å². The van der Waals surface area contributed by atoms with E-state index in [1.54, 1.807) is 7.11 Å². The van der Waals surface area contributed by atoms with Crippen LogP contribution in [0.5, 0.6) is 5.75 Å².